The number of thiazole rings is 1. The number of benzene rings is 1. The number of hydrogen-bond acceptors (Lipinski definition) is 4. The smallest absolute Gasteiger partial charge is 0.219 e. The van der Waals surface area contributed by atoms with Crippen LogP contribution in [0, 0.1) is 0 Å². The van der Waals surface area contributed by atoms with Gasteiger partial charge in [0.25, 0.3) is 0 Å². The fourth-order valence-electron chi connectivity index (χ4n) is 3.44. The van der Waals surface area contributed by atoms with Crippen molar-refractivity contribution in [1.29, 1.82) is 0 Å². The van der Waals surface area contributed by atoms with Crippen molar-refractivity contribution in [1.82, 2.24) is 14.8 Å². The highest BCUT2D eigenvalue weighted by molar-refractivity contribution is 7.15. The molecule has 23 heavy (non-hydrogen) atoms. The maximum atomic E-state index is 11.5. The predicted octanol–water partition coefficient (Wildman–Crippen LogP) is 2.74. The Bertz CT molecular complexity index is 748. The van der Waals surface area contributed by atoms with Gasteiger partial charge in [0.15, 0.2) is 0 Å². The molecule has 1 amide bonds. The highest BCUT2D eigenvalue weighted by atomic mass is 32.1. The average molecular weight is 327 g/mol. The van der Waals surface area contributed by atoms with E-state index in [0.29, 0.717) is 5.92 Å². The van der Waals surface area contributed by atoms with Gasteiger partial charge in [-0.3, -0.25) is 4.79 Å². The number of carbonyl (C=O) groups excluding carboxylic acids is 1. The number of likely N-dealkylation sites (tertiary alicyclic amines) is 1. The summed E-state index contributed by atoms with van der Waals surface area (Å²) < 4.78 is 0. The normalized spacial score (nSPS) is 18.6. The minimum atomic E-state index is 0.164. The Labute approximate surface area is 140 Å². The van der Waals surface area contributed by atoms with E-state index in [0.717, 1.165) is 32.6 Å². The van der Waals surface area contributed by atoms with Gasteiger partial charge in [0.1, 0.15) is 0 Å². The number of amides is 1. The lowest BCUT2D eigenvalue weighted by Gasteiger charge is -2.34. The third-order valence-corrected chi connectivity index (χ3v) is 6.09. The second-order valence-corrected chi connectivity index (χ2v) is 7.72. The zero-order valence-corrected chi connectivity index (χ0v) is 14.4. The third kappa shape index (κ3) is 2.79. The van der Waals surface area contributed by atoms with Crippen molar-refractivity contribution in [3.63, 3.8) is 0 Å². The Morgan fingerprint density at radius 3 is 2.87 bits per heavy atom. The average Bonchev–Trinajstić information content (AvgIpc) is 3.00. The summed E-state index contributed by atoms with van der Waals surface area (Å²) in [5, 5.41) is 1.26. The molecular formula is C18H21N3OS. The lowest BCUT2D eigenvalue weighted by molar-refractivity contribution is -0.129. The molecule has 1 aromatic heterocycles. The van der Waals surface area contributed by atoms with Crippen molar-refractivity contribution >= 4 is 17.2 Å². The minimum absolute atomic E-state index is 0.164. The lowest BCUT2D eigenvalue weighted by Crippen LogP contribution is -2.41. The molecule has 5 heteroatoms. The highest BCUT2D eigenvalue weighted by Gasteiger charge is 2.27. The Morgan fingerprint density at radius 1 is 1.30 bits per heavy atom. The van der Waals surface area contributed by atoms with Crippen molar-refractivity contribution in [3.05, 3.63) is 40.5 Å². The first kappa shape index (κ1) is 14.8. The lowest BCUT2D eigenvalue weighted by atomic mass is 9.97. The largest absolute Gasteiger partial charge is 0.338 e. The van der Waals surface area contributed by atoms with Crippen molar-refractivity contribution in [3.8, 4) is 10.4 Å². The minimum Gasteiger partial charge on any atom is -0.338 e. The number of likely N-dealkylation sites (N-methyl/N-ethyl adjacent to an activating group) is 1. The zero-order valence-electron chi connectivity index (χ0n) is 13.6. The summed E-state index contributed by atoms with van der Waals surface area (Å²) in [6.45, 7) is 5.47. The number of nitrogens with zero attached hydrogens (tertiary/aromatic N) is 3. The molecule has 0 aliphatic carbocycles. The van der Waals surface area contributed by atoms with E-state index in [2.05, 4.69) is 35.1 Å². The van der Waals surface area contributed by atoms with Gasteiger partial charge in [0.05, 0.1) is 9.88 Å². The van der Waals surface area contributed by atoms with E-state index in [1.807, 2.05) is 22.4 Å². The first-order valence-corrected chi connectivity index (χ1v) is 8.94. The quantitative estimate of drug-likeness (QED) is 0.851. The molecule has 0 unspecified atom stereocenters. The molecule has 0 spiro atoms. The van der Waals surface area contributed by atoms with Crippen molar-refractivity contribution in [2.24, 2.45) is 0 Å². The van der Waals surface area contributed by atoms with Gasteiger partial charge in [-0.05, 0) is 36.2 Å². The van der Waals surface area contributed by atoms with E-state index in [1.165, 1.54) is 26.6 Å². The van der Waals surface area contributed by atoms with E-state index in [4.69, 9.17) is 0 Å². The van der Waals surface area contributed by atoms with Gasteiger partial charge in [0.2, 0.25) is 5.91 Å². The molecular weight excluding hydrogens is 306 g/mol. The fraction of sp³-hybridized carbons (Fsp3) is 0.444. The molecule has 1 aromatic carbocycles. The van der Waals surface area contributed by atoms with Crippen molar-refractivity contribution in [2.75, 3.05) is 26.7 Å². The summed E-state index contributed by atoms with van der Waals surface area (Å²) in [5.41, 5.74) is 3.91. The van der Waals surface area contributed by atoms with Crippen LogP contribution in [-0.2, 0) is 17.8 Å². The molecule has 120 valence electrons. The summed E-state index contributed by atoms with van der Waals surface area (Å²) in [5.74, 6) is 0.776. The number of rotatable bonds is 2. The number of fused-ring (bicyclic) bond motifs is 1. The molecule has 2 aromatic rings. The van der Waals surface area contributed by atoms with Crippen LogP contribution in [0.2, 0.25) is 0 Å². The van der Waals surface area contributed by atoms with Gasteiger partial charge in [-0.1, -0.05) is 12.1 Å². The van der Waals surface area contributed by atoms with Gasteiger partial charge < -0.3 is 9.80 Å². The van der Waals surface area contributed by atoms with Gasteiger partial charge in [0, 0.05) is 45.2 Å². The van der Waals surface area contributed by atoms with Crippen LogP contribution in [0.1, 0.15) is 29.0 Å². The number of carbonyl (C=O) groups is 1. The Balaban J connectivity index is 1.55. The molecule has 4 nitrogen and oxygen atoms in total. The summed E-state index contributed by atoms with van der Waals surface area (Å²) >= 11 is 1.83. The standard InChI is InChI=1S/C18H21N3OS/c1-12(22)21-6-5-13-7-14(3-4-15(13)11-21)17-8-19-18(23-17)16-9-20(2)10-16/h3-4,7-8,16H,5-6,9-11H2,1-2H3. The fourth-order valence-corrected chi connectivity index (χ4v) is 4.44. The maximum Gasteiger partial charge on any atom is 0.219 e. The summed E-state index contributed by atoms with van der Waals surface area (Å²) in [6, 6.07) is 6.64. The third-order valence-electron chi connectivity index (χ3n) is 4.89. The van der Waals surface area contributed by atoms with Crippen LogP contribution in [0.15, 0.2) is 24.4 Å². The molecule has 0 saturated carbocycles. The Hall–Kier alpha value is -1.72. The molecule has 2 aliphatic heterocycles. The topological polar surface area (TPSA) is 36.4 Å². The van der Waals surface area contributed by atoms with E-state index in [9.17, 15) is 4.79 Å². The van der Waals surface area contributed by atoms with E-state index in [-0.39, 0.29) is 5.91 Å². The van der Waals surface area contributed by atoms with Gasteiger partial charge in [-0.2, -0.15) is 0 Å². The van der Waals surface area contributed by atoms with Gasteiger partial charge >= 0.3 is 0 Å². The molecule has 0 bridgehead atoms. The van der Waals surface area contributed by atoms with E-state index < -0.39 is 0 Å². The maximum absolute atomic E-state index is 11.5. The zero-order chi connectivity index (χ0) is 16.0. The SMILES string of the molecule is CC(=O)N1CCc2cc(-c3cnc(C4CN(C)C4)s3)ccc2C1. The van der Waals surface area contributed by atoms with Crippen molar-refractivity contribution in [2.45, 2.75) is 25.8 Å². The first-order chi connectivity index (χ1) is 11.1. The van der Waals surface area contributed by atoms with Crippen LogP contribution < -0.4 is 0 Å². The van der Waals surface area contributed by atoms with Crippen LogP contribution in [0.5, 0.6) is 0 Å². The van der Waals surface area contributed by atoms with E-state index in [1.54, 1.807) is 6.92 Å². The van der Waals surface area contributed by atoms with Crippen LogP contribution >= 0.6 is 11.3 Å². The Morgan fingerprint density at radius 2 is 2.13 bits per heavy atom. The first-order valence-electron chi connectivity index (χ1n) is 8.12. The molecule has 0 radical (unpaired) electrons. The molecule has 0 N–H and O–H groups in total. The van der Waals surface area contributed by atoms with E-state index >= 15 is 0 Å². The highest BCUT2D eigenvalue weighted by Crippen LogP contribution is 2.35. The van der Waals surface area contributed by atoms with Crippen LogP contribution in [0.25, 0.3) is 10.4 Å². The number of aromatic nitrogens is 1. The van der Waals surface area contributed by atoms with Gasteiger partial charge in [-0.25, -0.2) is 4.98 Å². The summed E-state index contributed by atoms with van der Waals surface area (Å²) in [7, 11) is 2.15. The number of hydrogen-bond donors (Lipinski definition) is 0. The van der Waals surface area contributed by atoms with Crippen molar-refractivity contribution < 1.29 is 4.79 Å². The molecule has 4 rings (SSSR count). The second kappa shape index (κ2) is 5.73. The Kier molecular flexibility index (Phi) is 3.70. The van der Waals surface area contributed by atoms with Crippen LogP contribution in [0.4, 0.5) is 0 Å². The van der Waals surface area contributed by atoms with Crippen LogP contribution in [-0.4, -0.2) is 47.4 Å². The summed E-state index contributed by atoms with van der Waals surface area (Å²) in [4.78, 5) is 21.7. The summed E-state index contributed by atoms with van der Waals surface area (Å²) in [6.07, 6.45) is 2.96. The van der Waals surface area contributed by atoms with Gasteiger partial charge in [-0.15, -0.1) is 11.3 Å². The molecule has 2 aliphatic rings. The molecule has 0 atom stereocenters. The second-order valence-electron chi connectivity index (χ2n) is 6.65. The van der Waals surface area contributed by atoms with Crippen LogP contribution in [0.3, 0.4) is 0 Å². The predicted molar refractivity (Wildman–Crippen MR) is 92.6 cm³/mol. The molecule has 3 heterocycles. The monoisotopic (exact) mass is 327 g/mol. The molecule has 1 saturated heterocycles. The molecule has 1 fully saturated rings.